The maximum absolute atomic E-state index is 10.8. The summed E-state index contributed by atoms with van der Waals surface area (Å²) < 4.78 is 31.7. The maximum Gasteiger partial charge on any atom is 0.184 e. The van der Waals surface area contributed by atoms with Crippen molar-refractivity contribution in [2.45, 2.75) is 109 Å². The fourth-order valence-electron chi connectivity index (χ4n) is 2.99. The van der Waals surface area contributed by atoms with E-state index >= 15 is 0 Å². The Hall–Kier alpha value is 0.628. The van der Waals surface area contributed by atoms with Crippen LogP contribution in [0.25, 0.3) is 0 Å². The van der Waals surface area contributed by atoms with Crippen molar-refractivity contribution in [1.82, 2.24) is 0 Å². The minimum atomic E-state index is -1.94. The summed E-state index contributed by atoms with van der Waals surface area (Å²) in [7, 11) is -7.50. The van der Waals surface area contributed by atoms with Gasteiger partial charge in [-0.3, -0.25) is 0 Å². The second-order valence-corrected chi connectivity index (χ2v) is 29.5. The molecule has 10 heteroatoms. The highest BCUT2D eigenvalue weighted by Crippen LogP contribution is 2.33. The van der Waals surface area contributed by atoms with Crippen molar-refractivity contribution >= 4 is 33.3 Å². The molecule has 0 spiro atoms. The van der Waals surface area contributed by atoms with Crippen molar-refractivity contribution < 1.29 is 27.5 Å². The predicted molar refractivity (Wildman–Crippen MR) is 125 cm³/mol. The van der Waals surface area contributed by atoms with E-state index in [4.69, 9.17) is 22.4 Å². The minimum absolute atomic E-state index is 0.320. The summed E-state index contributed by atoms with van der Waals surface area (Å²) in [5, 5.41) is 10.8. The van der Waals surface area contributed by atoms with Gasteiger partial charge in [-0.15, -0.1) is 0 Å². The van der Waals surface area contributed by atoms with E-state index in [0.717, 1.165) is 0 Å². The molecule has 0 bridgehead atoms. The monoisotopic (exact) mass is 468 g/mol. The largest absolute Gasteiger partial charge is 0.415 e. The normalized spacial score (nSPS) is 30.5. The van der Waals surface area contributed by atoms with Crippen molar-refractivity contribution in [3.8, 4) is 0 Å². The highest BCUT2D eigenvalue weighted by molar-refractivity contribution is 6.71. The highest BCUT2D eigenvalue weighted by atomic mass is 28.4. The molecule has 168 valence electrons. The average Bonchev–Trinajstić information content (AvgIpc) is 2.39. The molecule has 28 heavy (non-hydrogen) atoms. The van der Waals surface area contributed by atoms with Crippen LogP contribution in [-0.2, 0) is 22.4 Å². The zero-order valence-corrected chi connectivity index (χ0v) is 24.1. The van der Waals surface area contributed by atoms with E-state index < -0.39 is 45.7 Å². The van der Waals surface area contributed by atoms with E-state index in [-0.39, 0.29) is 18.3 Å². The third-order valence-corrected chi connectivity index (χ3v) is 7.73. The lowest BCUT2D eigenvalue weighted by Gasteiger charge is -2.49. The van der Waals surface area contributed by atoms with Crippen molar-refractivity contribution in [2.75, 3.05) is 6.61 Å². The molecule has 0 aromatic carbocycles. The Labute approximate surface area is 176 Å². The molecule has 1 saturated heterocycles. The standard InChI is InChI=1S/C18H44O6Si4/c1-25(2,3)20-13-14-15(22-26(4,5)6)16(23-27(7,8)9)17(18(19)21-14)24-28(10,11)12/h14-19H,13H2,1-12H3/t14-,15-,16+,17+,18-/m1/s1. The molecule has 1 N–H and O–H groups in total. The molecule has 1 heterocycles. The van der Waals surface area contributed by atoms with Crippen LogP contribution in [0.15, 0.2) is 0 Å². The van der Waals surface area contributed by atoms with Crippen LogP contribution >= 0.6 is 0 Å². The van der Waals surface area contributed by atoms with Gasteiger partial charge in [-0.1, -0.05) is 0 Å². The smallest absolute Gasteiger partial charge is 0.184 e. The van der Waals surface area contributed by atoms with E-state index in [1.165, 1.54) is 0 Å². The van der Waals surface area contributed by atoms with E-state index in [2.05, 4.69) is 78.6 Å². The van der Waals surface area contributed by atoms with Gasteiger partial charge in [0.2, 0.25) is 0 Å². The van der Waals surface area contributed by atoms with Gasteiger partial charge in [0.05, 0.1) is 6.61 Å². The number of hydrogen-bond donors (Lipinski definition) is 1. The Kier molecular flexibility index (Phi) is 8.96. The Morgan fingerprint density at radius 2 is 1.00 bits per heavy atom. The molecule has 0 saturated carbocycles. The molecule has 1 rings (SSSR count). The minimum Gasteiger partial charge on any atom is -0.415 e. The van der Waals surface area contributed by atoms with E-state index in [0.29, 0.717) is 6.61 Å². The fraction of sp³-hybridized carbons (Fsp3) is 1.00. The molecule has 1 aliphatic rings. The van der Waals surface area contributed by atoms with Gasteiger partial charge in [-0.2, -0.15) is 0 Å². The first-order valence-electron chi connectivity index (χ1n) is 10.3. The SMILES string of the molecule is C[Si](C)(C)OC[C@H]1O[C@@H](O)[C@@H](O[Si](C)(C)C)[C@@H](O[Si](C)(C)C)[C@@H]1O[Si](C)(C)C. The number of aliphatic hydroxyl groups excluding tert-OH is 1. The highest BCUT2D eigenvalue weighted by Gasteiger charge is 2.51. The van der Waals surface area contributed by atoms with Gasteiger partial charge >= 0.3 is 0 Å². The molecular weight excluding hydrogens is 425 g/mol. The summed E-state index contributed by atoms with van der Waals surface area (Å²) in [6.45, 7) is 26.1. The van der Waals surface area contributed by atoms with Crippen molar-refractivity contribution in [1.29, 1.82) is 0 Å². The summed E-state index contributed by atoms with van der Waals surface area (Å²) in [6.07, 6.45) is -2.67. The van der Waals surface area contributed by atoms with Crippen molar-refractivity contribution in [3.63, 3.8) is 0 Å². The summed E-state index contributed by atoms with van der Waals surface area (Å²) in [5.41, 5.74) is 0. The zero-order chi connectivity index (χ0) is 22.1. The maximum atomic E-state index is 10.8. The van der Waals surface area contributed by atoms with Crippen LogP contribution in [0.1, 0.15) is 0 Å². The Morgan fingerprint density at radius 1 is 0.607 bits per heavy atom. The molecule has 1 aliphatic heterocycles. The van der Waals surface area contributed by atoms with Gasteiger partial charge in [0.25, 0.3) is 0 Å². The van der Waals surface area contributed by atoms with Crippen LogP contribution in [0.3, 0.4) is 0 Å². The summed E-state index contributed by atoms with van der Waals surface area (Å²) in [6, 6.07) is 0. The van der Waals surface area contributed by atoms with Gasteiger partial charge in [-0.25, -0.2) is 0 Å². The first-order chi connectivity index (χ1) is 12.3. The molecule has 0 radical (unpaired) electrons. The van der Waals surface area contributed by atoms with Crippen LogP contribution in [0.5, 0.6) is 0 Å². The first-order valence-corrected chi connectivity index (χ1v) is 23.9. The van der Waals surface area contributed by atoms with E-state index in [1.807, 2.05) is 0 Å². The molecule has 0 amide bonds. The van der Waals surface area contributed by atoms with Crippen LogP contribution in [-0.4, -0.2) is 75.7 Å². The lowest BCUT2D eigenvalue weighted by atomic mass is 9.99. The lowest BCUT2D eigenvalue weighted by molar-refractivity contribution is -0.274. The average molecular weight is 469 g/mol. The van der Waals surface area contributed by atoms with E-state index in [9.17, 15) is 5.11 Å². The van der Waals surface area contributed by atoms with Crippen LogP contribution in [0, 0.1) is 0 Å². The van der Waals surface area contributed by atoms with Gasteiger partial charge in [0.1, 0.15) is 24.4 Å². The Balaban J connectivity index is 3.26. The van der Waals surface area contributed by atoms with Gasteiger partial charge in [0.15, 0.2) is 39.6 Å². The van der Waals surface area contributed by atoms with Crippen molar-refractivity contribution in [3.05, 3.63) is 0 Å². The second-order valence-electron chi connectivity index (χ2n) is 11.6. The molecule has 0 aromatic rings. The lowest BCUT2D eigenvalue weighted by Crippen LogP contribution is -2.66. The molecule has 0 aromatic heterocycles. The summed E-state index contributed by atoms with van der Waals surface area (Å²) in [5.74, 6) is 0. The van der Waals surface area contributed by atoms with Gasteiger partial charge in [-0.05, 0) is 78.6 Å². The summed E-state index contributed by atoms with van der Waals surface area (Å²) in [4.78, 5) is 0. The number of rotatable bonds is 9. The number of ether oxygens (including phenoxy) is 1. The second kappa shape index (κ2) is 9.41. The molecule has 0 aliphatic carbocycles. The zero-order valence-electron chi connectivity index (χ0n) is 20.1. The van der Waals surface area contributed by atoms with Crippen LogP contribution < -0.4 is 0 Å². The Bertz CT molecular complexity index is 492. The molecule has 1 fully saturated rings. The molecule has 5 atom stereocenters. The number of hydrogen-bond acceptors (Lipinski definition) is 6. The molecular formula is C18H44O6Si4. The van der Waals surface area contributed by atoms with Crippen molar-refractivity contribution in [2.24, 2.45) is 0 Å². The quantitative estimate of drug-likeness (QED) is 0.511. The summed E-state index contributed by atoms with van der Waals surface area (Å²) >= 11 is 0. The molecule has 6 nitrogen and oxygen atoms in total. The Morgan fingerprint density at radius 3 is 1.39 bits per heavy atom. The molecule has 0 unspecified atom stereocenters. The predicted octanol–water partition coefficient (Wildman–Crippen LogP) is 4.22. The number of aliphatic hydroxyl groups is 1. The first kappa shape index (κ1) is 26.7. The van der Waals surface area contributed by atoms with Crippen LogP contribution in [0.4, 0.5) is 0 Å². The van der Waals surface area contributed by atoms with E-state index in [1.54, 1.807) is 0 Å². The van der Waals surface area contributed by atoms with Gasteiger partial charge in [0, 0.05) is 0 Å². The van der Waals surface area contributed by atoms with Crippen LogP contribution in [0.2, 0.25) is 78.6 Å². The third-order valence-electron chi connectivity index (χ3n) is 3.76. The third kappa shape index (κ3) is 10.1. The van der Waals surface area contributed by atoms with Gasteiger partial charge < -0.3 is 27.5 Å². The topological polar surface area (TPSA) is 66.4 Å². The fourth-order valence-corrected chi connectivity index (χ4v) is 6.91.